The monoisotopic (exact) mass is 545 g/mol. The summed E-state index contributed by atoms with van der Waals surface area (Å²) < 4.78 is 6.16. The van der Waals surface area contributed by atoms with Gasteiger partial charge in [0, 0.05) is 19.1 Å². The van der Waals surface area contributed by atoms with Crippen molar-refractivity contribution in [3.05, 3.63) is 70.9 Å². The lowest BCUT2D eigenvalue weighted by molar-refractivity contribution is -0.148. The van der Waals surface area contributed by atoms with Crippen molar-refractivity contribution in [1.82, 2.24) is 14.8 Å². The molecule has 206 valence electrons. The minimum Gasteiger partial charge on any atom is -0.491 e. The molecule has 6 nitrogen and oxygen atoms in total. The predicted octanol–water partition coefficient (Wildman–Crippen LogP) is 6.38. The Morgan fingerprint density at radius 2 is 1.69 bits per heavy atom. The topological polar surface area (TPSA) is 62.7 Å². The van der Waals surface area contributed by atoms with Gasteiger partial charge in [0.1, 0.15) is 18.1 Å². The van der Waals surface area contributed by atoms with E-state index in [0.717, 1.165) is 46.9 Å². The third-order valence-corrected chi connectivity index (χ3v) is 9.25. The molecule has 0 unspecified atom stereocenters. The highest BCUT2D eigenvalue weighted by Gasteiger charge is 2.45. The van der Waals surface area contributed by atoms with Gasteiger partial charge in [0.15, 0.2) is 0 Å². The second kappa shape index (κ2) is 11.9. The number of aromatic nitrogens is 1. The van der Waals surface area contributed by atoms with E-state index < -0.39 is 5.41 Å². The SMILES string of the molecule is Cc1nc(C(=O)N2CCC3(CCCCc4ccccc4OCCN(C(C)C)C3=O)CC2)c(-c2ccccc2)s1. The molecule has 5 rings (SSSR count). The van der Waals surface area contributed by atoms with Gasteiger partial charge in [0.05, 0.1) is 21.8 Å². The Bertz CT molecular complexity index is 1290. The number of carbonyl (C=O) groups excluding carboxylic acids is 2. The molecule has 0 atom stereocenters. The van der Waals surface area contributed by atoms with E-state index in [4.69, 9.17) is 4.74 Å². The van der Waals surface area contributed by atoms with Crippen molar-refractivity contribution in [3.8, 4) is 16.2 Å². The number of thiazole rings is 1. The molecule has 3 heterocycles. The lowest BCUT2D eigenvalue weighted by Crippen LogP contribution is -2.53. The third-order valence-electron chi connectivity index (χ3n) is 8.23. The van der Waals surface area contributed by atoms with E-state index in [0.29, 0.717) is 44.8 Å². The van der Waals surface area contributed by atoms with Gasteiger partial charge in [-0.2, -0.15) is 0 Å². The van der Waals surface area contributed by atoms with Crippen LogP contribution in [0.4, 0.5) is 0 Å². The Labute approximate surface area is 236 Å². The summed E-state index contributed by atoms with van der Waals surface area (Å²) >= 11 is 1.56. The molecular weight excluding hydrogens is 506 g/mol. The van der Waals surface area contributed by atoms with E-state index in [1.54, 1.807) is 11.3 Å². The number of piperidine rings is 1. The lowest BCUT2D eigenvalue weighted by atomic mass is 9.72. The first-order valence-electron chi connectivity index (χ1n) is 14.2. The number of rotatable bonds is 3. The lowest BCUT2D eigenvalue weighted by Gasteiger charge is -2.44. The number of benzene rings is 2. The number of amides is 2. The molecule has 3 aromatic rings. The molecule has 39 heavy (non-hydrogen) atoms. The smallest absolute Gasteiger partial charge is 0.273 e. The van der Waals surface area contributed by atoms with Gasteiger partial charge in [-0.1, -0.05) is 55.0 Å². The summed E-state index contributed by atoms with van der Waals surface area (Å²) in [6.45, 7) is 8.30. The Morgan fingerprint density at radius 3 is 2.44 bits per heavy atom. The van der Waals surface area contributed by atoms with Crippen LogP contribution in [0.15, 0.2) is 54.6 Å². The van der Waals surface area contributed by atoms with Crippen molar-refractivity contribution in [2.75, 3.05) is 26.2 Å². The summed E-state index contributed by atoms with van der Waals surface area (Å²) in [5.74, 6) is 1.12. The summed E-state index contributed by atoms with van der Waals surface area (Å²) in [5, 5.41) is 0.886. The summed E-state index contributed by atoms with van der Waals surface area (Å²) in [6, 6.07) is 18.4. The maximum Gasteiger partial charge on any atom is 0.273 e. The van der Waals surface area contributed by atoms with Gasteiger partial charge in [0.25, 0.3) is 5.91 Å². The standard InChI is InChI=1S/C32H39N3O3S/c1-23(2)35-21-22-38-27-15-8-7-11-25(27)12-9-10-16-32(31(35)37)17-19-34(20-18-32)30(36)28-29(39-24(3)33-28)26-13-5-4-6-14-26/h4-8,11,13-15,23H,9-10,12,16-22H2,1-3H3. The number of fused-ring (bicyclic) bond motifs is 1. The molecule has 1 fully saturated rings. The van der Waals surface area contributed by atoms with Crippen molar-refractivity contribution in [2.45, 2.75) is 65.3 Å². The fourth-order valence-electron chi connectivity index (χ4n) is 6.00. The number of hydrogen-bond donors (Lipinski definition) is 0. The first-order chi connectivity index (χ1) is 18.9. The largest absolute Gasteiger partial charge is 0.491 e. The van der Waals surface area contributed by atoms with Crippen LogP contribution < -0.4 is 4.74 Å². The molecule has 0 radical (unpaired) electrons. The van der Waals surface area contributed by atoms with Gasteiger partial charge in [-0.15, -0.1) is 11.3 Å². The molecule has 2 aliphatic heterocycles. The molecule has 1 saturated heterocycles. The second-order valence-corrected chi connectivity index (χ2v) is 12.3. The highest BCUT2D eigenvalue weighted by Crippen LogP contribution is 2.41. The number of likely N-dealkylation sites (tertiary alicyclic amines) is 1. The molecule has 1 spiro atoms. The fraction of sp³-hybridized carbons (Fsp3) is 0.469. The van der Waals surface area contributed by atoms with Crippen LogP contribution in [0.2, 0.25) is 0 Å². The van der Waals surface area contributed by atoms with Gasteiger partial charge >= 0.3 is 0 Å². The average Bonchev–Trinajstić information content (AvgIpc) is 3.35. The predicted molar refractivity (Wildman–Crippen MR) is 156 cm³/mol. The van der Waals surface area contributed by atoms with Crippen LogP contribution in [-0.4, -0.2) is 58.9 Å². The Kier molecular flexibility index (Phi) is 8.36. The van der Waals surface area contributed by atoms with Crippen molar-refractivity contribution < 1.29 is 14.3 Å². The number of hydrogen-bond acceptors (Lipinski definition) is 5. The Balaban J connectivity index is 1.34. The minimum atomic E-state index is -0.444. The summed E-state index contributed by atoms with van der Waals surface area (Å²) in [4.78, 5) is 37.4. The number of ether oxygens (including phenoxy) is 1. The van der Waals surface area contributed by atoms with Crippen molar-refractivity contribution in [3.63, 3.8) is 0 Å². The maximum atomic E-state index is 14.2. The van der Waals surface area contributed by atoms with Crippen LogP contribution in [0.3, 0.4) is 0 Å². The Hall–Kier alpha value is -3.19. The zero-order chi connectivity index (χ0) is 27.4. The van der Waals surface area contributed by atoms with Crippen molar-refractivity contribution >= 4 is 23.2 Å². The number of nitrogens with zero attached hydrogens (tertiary/aromatic N) is 3. The highest BCUT2D eigenvalue weighted by molar-refractivity contribution is 7.15. The van der Waals surface area contributed by atoms with Gasteiger partial charge in [-0.25, -0.2) is 4.98 Å². The fourth-order valence-corrected chi connectivity index (χ4v) is 6.91. The molecule has 0 bridgehead atoms. The zero-order valence-corrected chi connectivity index (χ0v) is 24.1. The molecule has 0 N–H and O–H groups in total. The van der Waals surface area contributed by atoms with Gasteiger partial charge in [-0.3, -0.25) is 9.59 Å². The summed E-state index contributed by atoms with van der Waals surface area (Å²) in [7, 11) is 0. The molecule has 0 aliphatic carbocycles. The molecular formula is C32H39N3O3S. The van der Waals surface area contributed by atoms with Crippen LogP contribution >= 0.6 is 11.3 Å². The number of para-hydroxylation sites is 1. The summed E-state index contributed by atoms with van der Waals surface area (Å²) in [5.41, 5.74) is 2.35. The van der Waals surface area contributed by atoms with E-state index in [2.05, 4.69) is 31.0 Å². The van der Waals surface area contributed by atoms with E-state index >= 15 is 0 Å². The first-order valence-corrected chi connectivity index (χ1v) is 15.0. The van der Waals surface area contributed by atoms with Crippen LogP contribution in [0.5, 0.6) is 5.75 Å². The number of carbonyl (C=O) groups is 2. The third kappa shape index (κ3) is 5.88. The van der Waals surface area contributed by atoms with E-state index in [1.807, 2.05) is 59.2 Å². The quantitative estimate of drug-likeness (QED) is 0.383. The molecule has 1 aromatic heterocycles. The molecule has 7 heteroatoms. The van der Waals surface area contributed by atoms with Crippen LogP contribution in [0.25, 0.3) is 10.4 Å². The number of aryl methyl sites for hydroxylation is 2. The molecule has 2 aliphatic rings. The normalized spacial score (nSPS) is 18.3. The minimum absolute atomic E-state index is 0.0284. The van der Waals surface area contributed by atoms with E-state index in [-0.39, 0.29) is 17.9 Å². The van der Waals surface area contributed by atoms with E-state index in [9.17, 15) is 9.59 Å². The van der Waals surface area contributed by atoms with Gasteiger partial charge in [0.2, 0.25) is 5.91 Å². The van der Waals surface area contributed by atoms with Crippen LogP contribution in [-0.2, 0) is 11.2 Å². The molecule has 2 amide bonds. The van der Waals surface area contributed by atoms with Crippen molar-refractivity contribution in [1.29, 1.82) is 0 Å². The van der Waals surface area contributed by atoms with E-state index in [1.165, 1.54) is 5.56 Å². The van der Waals surface area contributed by atoms with Gasteiger partial charge < -0.3 is 14.5 Å². The highest BCUT2D eigenvalue weighted by atomic mass is 32.1. The second-order valence-electron chi connectivity index (χ2n) is 11.1. The average molecular weight is 546 g/mol. The molecule has 0 saturated carbocycles. The zero-order valence-electron chi connectivity index (χ0n) is 23.3. The maximum absolute atomic E-state index is 14.2. The van der Waals surface area contributed by atoms with Crippen molar-refractivity contribution in [2.24, 2.45) is 5.41 Å². The molecule has 2 aromatic carbocycles. The van der Waals surface area contributed by atoms with Crippen LogP contribution in [0.1, 0.15) is 67.0 Å². The summed E-state index contributed by atoms with van der Waals surface area (Å²) in [6.07, 6.45) is 5.15. The Morgan fingerprint density at radius 1 is 0.974 bits per heavy atom. The van der Waals surface area contributed by atoms with Crippen LogP contribution in [0, 0.1) is 12.3 Å². The van der Waals surface area contributed by atoms with Gasteiger partial charge in [-0.05, 0) is 70.1 Å². The first kappa shape index (κ1) is 27.4.